The summed E-state index contributed by atoms with van der Waals surface area (Å²) >= 11 is 7.64. The largest absolute Gasteiger partial charge is 0.354 e. The van der Waals surface area contributed by atoms with E-state index >= 15 is 0 Å². The number of halogens is 1. The predicted octanol–water partition coefficient (Wildman–Crippen LogP) is 3.58. The zero-order chi connectivity index (χ0) is 15.6. The number of aromatic nitrogens is 2. The molecule has 0 aliphatic rings. The molecule has 2 aromatic rings. The number of aryl methyl sites for hydroxylation is 2. The van der Waals surface area contributed by atoms with Crippen molar-refractivity contribution in [2.24, 2.45) is 7.05 Å². The van der Waals surface area contributed by atoms with Gasteiger partial charge in [-0.05, 0) is 19.1 Å². The van der Waals surface area contributed by atoms with Crippen molar-refractivity contribution in [1.82, 2.24) is 15.1 Å². The molecule has 2 aromatic heterocycles. The van der Waals surface area contributed by atoms with Gasteiger partial charge in [-0.25, -0.2) is 0 Å². The highest BCUT2D eigenvalue weighted by Crippen LogP contribution is 2.27. The van der Waals surface area contributed by atoms with Gasteiger partial charge in [0.25, 0.3) is 0 Å². The third kappa shape index (κ3) is 3.99. The predicted molar refractivity (Wildman–Crippen MR) is 91.4 cm³/mol. The number of nitrogens with one attached hydrogen (secondary N) is 1. The zero-order valence-corrected chi connectivity index (χ0v) is 14.8. The van der Waals surface area contributed by atoms with Crippen LogP contribution in [0.15, 0.2) is 12.1 Å². The summed E-state index contributed by atoms with van der Waals surface area (Å²) in [4.78, 5) is 3.49. The van der Waals surface area contributed by atoms with Gasteiger partial charge in [-0.3, -0.25) is 4.68 Å². The third-order valence-electron chi connectivity index (χ3n) is 3.38. The van der Waals surface area contributed by atoms with Crippen LogP contribution in [0.25, 0.3) is 0 Å². The van der Waals surface area contributed by atoms with Crippen LogP contribution in [0.1, 0.15) is 30.0 Å². The molecule has 0 radical (unpaired) electrons. The molecule has 0 spiro atoms. The van der Waals surface area contributed by atoms with Gasteiger partial charge >= 0.3 is 0 Å². The van der Waals surface area contributed by atoms with Crippen molar-refractivity contribution in [1.29, 1.82) is 0 Å². The zero-order valence-electron chi connectivity index (χ0n) is 13.3. The van der Waals surface area contributed by atoms with Crippen LogP contribution in [0.5, 0.6) is 0 Å². The standard InChI is InChI=1S/C15H23ClN4S/c1-10(2)17-8-13-11(3)18-20(5)15(13)19(4)9-12-6-7-14(16)21-12/h6-7,10,17H,8-9H2,1-5H3. The Bertz CT molecular complexity index is 603. The van der Waals surface area contributed by atoms with Gasteiger partial charge < -0.3 is 10.2 Å². The number of rotatable bonds is 6. The van der Waals surface area contributed by atoms with Crippen LogP contribution >= 0.6 is 22.9 Å². The molecule has 0 aliphatic carbocycles. The lowest BCUT2D eigenvalue weighted by Gasteiger charge is -2.21. The van der Waals surface area contributed by atoms with Crippen LogP contribution in [0.4, 0.5) is 5.82 Å². The van der Waals surface area contributed by atoms with Gasteiger partial charge in [0.1, 0.15) is 5.82 Å². The minimum Gasteiger partial charge on any atom is -0.354 e. The highest BCUT2D eigenvalue weighted by Gasteiger charge is 2.17. The summed E-state index contributed by atoms with van der Waals surface area (Å²) in [5.41, 5.74) is 2.34. The molecule has 0 unspecified atom stereocenters. The van der Waals surface area contributed by atoms with E-state index in [2.05, 4.69) is 49.2 Å². The van der Waals surface area contributed by atoms with Crippen molar-refractivity contribution < 1.29 is 0 Å². The molecule has 0 saturated carbocycles. The summed E-state index contributed by atoms with van der Waals surface area (Å²) in [5.74, 6) is 1.16. The van der Waals surface area contributed by atoms with Gasteiger partial charge in [-0.15, -0.1) is 11.3 Å². The number of nitrogens with zero attached hydrogens (tertiary/aromatic N) is 3. The lowest BCUT2D eigenvalue weighted by atomic mass is 10.2. The van der Waals surface area contributed by atoms with Gasteiger partial charge in [0.15, 0.2) is 0 Å². The van der Waals surface area contributed by atoms with Crippen molar-refractivity contribution in [3.63, 3.8) is 0 Å². The Labute approximate surface area is 135 Å². The van der Waals surface area contributed by atoms with Crippen molar-refractivity contribution in [2.45, 2.75) is 39.9 Å². The highest BCUT2D eigenvalue weighted by atomic mass is 35.5. The summed E-state index contributed by atoms with van der Waals surface area (Å²) in [5, 5.41) is 8.05. The molecular weight excluding hydrogens is 304 g/mol. The topological polar surface area (TPSA) is 33.1 Å². The first-order valence-electron chi connectivity index (χ1n) is 7.09. The molecule has 6 heteroatoms. The quantitative estimate of drug-likeness (QED) is 0.880. The fourth-order valence-electron chi connectivity index (χ4n) is 2.43. The normalized spacial score (nSPS) is 11.4. The van der Waals surface area contributed by atoms with E-state index in [1.807, 2.05) is 17.8 Å². The second kappa shape index (κ2) is 6.81. The highest BCUT2D eigenvalue weighted by molar-refractivity contribution is 7.16. The monoisotopic (exact) mass is 326 g/mol. The summed E-state index contributed by atoms with van der Waals surface area (Å²) < 4.78 is 2.79. The number of anilines is 1. The second-order valence-corrected chi connectivity index (χ2v) is 7.41. The van der Waals surface area contributed by atoms with Gasteiger partial charge in [0.2, 0.25) is 0 Å². The lowest BCUT2D eigenvalue weighted by Crippen LogP contribution is -2.25. The molecule has 0 fully saturated rings. The fraction of sp³-hybridized carbons (Fsp3) is 0.533. The van der Waals surface area contributed by atoms with E-state index in [4.69, 9.17) is 11.6 Å². The van der Waals surface area contributed by atoms with E-state index in [1.165, 1.54) is 10.4 Å². The van der Waals surface area contributed by atoms with Crippen LogP contribution in [0.3, 0.4) is 0 Å². The SMILES string of the molecule is Cc1nn(C)c(N(C)Cc2ccc(Cl)s2)c1CNC(C)C. The van der Waals surface area contributed by atoms with E-state index in [1.54, 1.807) is 11.3 Å². The Morgan fingerprint density at radius 3 is 2.71 bits per heavy atom. The Hall–Kier alpha value is -1.04. The smallest absolute Gasteiger partial charge is 0.131 e. The van der Waals surface area contributed by atoms with E-state index in [-0.39, 0.29) is 0 Å². The summed E-state index contributed by atoms with van der Waals surface area (Å²) in [6, 6.07) is 4.49. The Morgan fingerprint density at radius 2 is 2.14 bits per heavy atom. The van der Waals surface area contributed by atoms with Gasteiger partial charge in [0, 0.05) is 37.1 Å². The van der Waals surface area contributed by atoms with E-state index < -0.39 is 0 Å². The number of hydrogen-bond donors (Lipinski definition) is 1. The minimum absolute atomic E-state index is 0.457. The van der Waals surface area contributed by atoms with Crippen LogP contribution in [0, 0.1) is 6.92 Å². The molecule has 2 rings (SSSR count). The van der Waals surface area contributed by atoms with Gasteiger partial charge in [-0.1, -0.05) is 25.4 Å². The van der Waals surface area contributed by atoms with Crippen LogP contribution in [0.2, 0.25) is 4.34 Å². The average Bonchev–Trinajstić information content (AvgIpc) is 2.90. The molecule has 2 heterocycles. The molecule has 0 aromatic carbocycles. The van der Waals surface area contributed by atoms with E-state index in [0.717, 1.165) is 28.9 Å². The van der Waals surface area contributed by atoms with Gasteiger partial charge in [-0.2, -0.15) is 5.10 Å². The number of thiophene rings is 1. The molecule has 0 amide bonds. The lowest BCUT2D eigenvalue weighted by molar-refractivity contribution is 0.586. The molecule has 116 valence electrons. The average molecular weight is 327 g/mol. The Morgan fingerprint density at radius 1 is 1.43 bits per heavy atom. The molecule has 4 nitrogen and oxygen atoms in total. The van der Waals surface area contributed by atoms with Crippen molar-refractivity contribution >= 4 is 28.8 Å². The molecular formula is C15H23ClN4S. The fourth-order valence-corrected chi connectivity index (χ4v) is 3.57. The summed E-state index contributed by atoms with van der Waals surface area (Å²) in [6.07, 6.45) is 0. The van der Waals surface area contributed by atoms with Crippen molar-refractivity contribution in [3.8, 4) is 0 Å². The Balaban J connectivity index is 2.20. The molecule has 0 saturated heterocycles. The number of hydrogen-bond acceptors (Lipinski definition) is 4. The molecule has 0 atom stereocenters. The third-order valence-corrected chi connectivity index (χ3v) is 4.60. The van der Waals surface area contributed by atoms with Crippen molar-refractivity contribution in [2.75, 3.05) is 11.9 Å². The molecule has 0 bridgehead atoms. The first-order valence-corrected chi connectivity index (χ1v) is 8.29. The summed E-state index contributed by atoms with van der Waals surface area (Å²) in [7, 11) is 4.10. The molecule has 0 aliphatic heterocycles. The first kappa shape index (κ1) is 16.3. The minimum atomic E-state index is 0.457. The maximum Gasteiger partial charge on any atom is 0.131 e. The van der Waals surface area contributed by atoms with Gasteiger partial charge in [0.05, 0.1) is 16.6 Å². The van der Waals surface area contributed by atoms with Crippen LogP contribution in [-0.4, -0.2) is 22.9 Å². The maximum absolute atomic E-state index is 6.01. The summed E-state index contributed by atoms with van der Waals surface area (Å²) in [6.45, 7) is 8.05. The van der Waals surface area contributed by atoms with Crippen LogP contribution in [-0.2, 0) is 20.1 Å². The van der Waals surface area contributed by atoms with Crippen LogP contribution < -0.4 is 10.2 Å². The maximum atomic E-state index is 6.01. The second-order valence-electron chi connectivity index (χ2n) is 5.61. The van der Waals surface area contributed by atoms with E-state index in [9.17, 15) is 0 Å². The molecule has 1 N–H and O–H groups in total. The van der Waals surface area contributed by atoms with Crippen molar-refractivity contribution in [3.05, 3.63) is 32.6 Å². The molecule has 21 heavy (non-hydrogen) atoms. The van der Waals surface area contributed by atoms with E-state index in [0.29, 0.717) is 6.04 Å². The Kier molecular flexibility index (Phi) is 5.30. The first-order chi connectivity index (χ1) is 9.88.